The molecule has 2 aliphatic rings. The smallest absolute Gasteiger partial charge is 0.257 e. The van der Waals surface area contributed by atoms with E-state index in [2.05, 4.69) is 10.2 Å². The first-order valence-electron chi connectivity index (χ1n) is 13.9. The predicted octanol–water partition coefficient (Wildman–Crippen LogP) is 5.84. The van der Waals surface area contributed by atoms with Gasteiger partial charge in [-0.05, 0) is 42.6 Å². The molecule has 0 bridgehead atoms. The van der Waals surface area contributed by atoms with Gasteiger partial charge >= 0.3 is 0 Å². The number of nitrogens with zero attached hydrogens (tertiary/aromatic N) is 1. The third-order valence-electron chi connectivity index (χ3n) is 7.67. The summed E-state index contributed by atoms with van der Waals surface area (Å²) in [6, 6.07) is 14.4. The van der Waals surface area contributed by atoms with E-state index in [1.165, 1.54) is 6.42 Å². The fourth-order valence-corrected chi connectivity index (χ4v) is 5.33. The zero-order valence-corrected chi connectivity index (χ0v) is 22.7. The highest BCUT2D eigenvalue weighted by Crippen LogP contribution is 2.38. The molecule has 3 atom stereocenters. The first kappa shape index (κ1) is 30.1. The number of rotatable bonds is 8. The Morgan fingerprint density at radius 3 is 1.98 bits per heavy atom. The zero-order valence-electron chi connectivity index (χ0n) is 22.7. The van der Waals surface area contributed by atoms with Crippen LogP contribution >= 0.6 is 0 Å². The summed E-state index contributed by atoms with van der Waals surface area (Å²) in [6.07, 6.45) is 3.17. The minimum Gasteiger partial charge on any atom is -0.392 e. The Balaban J connectivity index is 1.28. The van der Waals surface area contributed by atoms with Crippen molar-refractivity contribution in [2.24, 2.45) is 0 Å². The molecule has 0 saturated carbocycles. The minimum absolute atomic E-state index is 0.0521. The molecule has 42 heavy (non-hydrogen) atoms. The number of ether oxygens (including phenoxy) is 2. The average Bonchev–Trinajstić information content (AvgIpc) is 3.02. The van der Waals surface area contributed by atoms with E-state index in [9.17, 15) is 31.9 Å². The third-order valence-corrected chi connectivity index (χ3v) is 7.67. The lowest BCUT2D eigenvalue weighted by molar-refractivity contribution is -0.253. The van der Waals surface area contributed by atoms with E-state index < -0.39 is 46.8 Å². The maximum absolute atomic E-state index is 14.0. The van der Waals surface area contributed by atoms with E-state index in [4.69, 9.17) is 9.47 Å². The fourth-order valence-electron chi connectivity index (χ4n) is 5.33. The molecule has 0 spiro atoms. The molecular formula is C31H31F5N2O4. The normalized spacial score (nSPS) is 21.3. The molecule has 0 unspecified atom stereocenters. The number of hydrogen-bond acceptors (Lipinski definition) is 5. The molecule has 6 nitrogen and oxygen atoms in total. The van der Waals surface area contributed by atoms with Crippen molar-refractivity contribution in [2.45, 2.75) is 57.3 Å². The van der Waals surface area contributed by atoms with Gasteiger partial charge in [0, 0.05) is 25.1 Å². The summed E-state index contributed by atoms with van der Waals surface area (Å²) in [5.41, 5.74) is 1.47. The number of carbonyl (C=O) groups excluding carboxylic acids is 1. The molecule has 0 aromatic heterocycles. The summed E-state index contributed by atoms with van der Waals surface area (Å²) in [6.45, 7) is 2.54. The standard InChI is InChI=1S/C31H31F5N2O4/c32-25-24(26(33)28(35)29(36)27(25)34)30(40)37-15-18-4-10-21(11-5-18)31-41-22(16-38-12-2-1-3-13-38)14-23(42-31)20-8-6-19(17-39)7-9-20/h4-11,22-23,31,39H,1-3,12-17H2,(H,37,40)/t22-,23+,31+/m1/s1. The van der Waals surface area contributed by atoms with Gasteiger partial charge in [-0.15, -0.1) is 0 Å². The highest BCUT2D eigenvalue weighted by Gasteiger charge is 2.34. The van der Waals surface area contributed by atoms with E-state index in [1.807, 2.05) is 24.3 Å². The second-order valence-corrected chi connectivity index (χ2v) is 10.6. The van der Waals surface area contributed by atoms with Gasteiger partial charge in [0.05, 0.1) is 18.8 Å². The highest BCUT2D eigenvalue weighted by atomic mass is 19.2. The maximum Gasteiger partial charge on any atom is 0.257 e. The number of likely N-dealkylation sites (tertiary alicyclic amines) is 1. The van der Waals surface area contributed by atoms with E-state index in [0.29, 0.717) is 17.5 Å². The second kappa shape index (κ2) is 13.3. The highest BCUT2D eigenvalue weighted by molar-refractivity contribution is 5.94. The van der Waals surface area contributed by atoms with Crippen molar-refractivity contribution < 1.29 is 41.3 Å². The van der Waals surface area contributed by atoms with E-state index in [1.54, 1.807) is 24.3 Å². The lowest BCUT2D eigenvalue weighted by Crippen LogP contribution is -2.41. The minimum atomic E-state index is -2.33. The molecule has 2 aliphatic heterocycles. The Bertz CT molecular complexity index is 1370. The van der Waals surface area contributed by atoms with Crippen molar-refractivity contribution in [1.82, 2.24) is 10.2 Å². The molecule has 0 radical (unpaired) electrons. The molecule has 224 valence electrons. The first-order valence-corrected chi connectivity index (χ1v) is 13.9. The lowest BCUT2D eigenvalue weighted by Gasteiger charge is -2.39. The molecule has 2 heterocycles. The first-order chi connectivity index (χ1) is 20.2. The summed E-state index contributed by atoms with van der Waals surface area (Å²) < 4.78 is 81.0. The molecular weight excluding hydrogens is 559 g/mol. The van der Waals surface area contributed by atoms with Crippen LogP contribution < -0.4 is 5.32 Å². The molecule has 3 aromatic carbocycles. The topological polar surface area (TPSA) is 71.0 Å². The number of nitrogens with one attached hydrogen (secondary N) is 1. The number of halogens is 5. The van der Waals surface area contributed by atoms with Gasteiger partial charge in [0.25, 0.3) is 5.91 Å². The van der Waals surface area contributed by atoms with Gasteiger partial charge in [-0.1, -0.05) is 55.0 Å². The fraction of sp³-hybridized carbons (Fsp3) is 0.387. The molecule has 3 aromatic rings. The van der Waals surface area contributed by atoms with Crippen molar-refractivity contribution in [1.29, 1.82) is 0 Å². The van der Waals surface area contributed by atoms with Crippen molar-refractivity contribution in [3.8, 4) is 0 Å². The molecule has 1 amide bonds. The van der Waals surface area contributed by atoms with Crippen LogP contribution in [0.1, 0.15) is 70.7 Å². The van der Waals surface area contributed by atoms with E-state index >= 15 is 0 Å². The molecule has 2 N–H and O–H groups in total. The van der Waals surface area contributed by atoms with Crippen LogP contribution in [0.5, 0.6) is 0 Å². The summed E-state index contributed by atoms with van der Waals surface area (Å²) in [7, 11) is 0. The molecule has 5 rings (SSSR count). The van der Waals surface area contributed by atoms with E-state index in [-0.39, 0.29) is 25.4 Å². The molecule has 0 aliphatic carbocycles. The van der Waals surface area contributed by atoms with Gasteiger partial charge in [-0.3, -0.25) is 4.79 Å². The number of benzene rings is 3. The predicted molar refractivity (Wildman–Crippen MR) is 143 cm³/mol. The van der Waals surface area contributed by atoms with Gasteiger partial charge in [0.2, 0.25) is 5.82 Å². The van der Waals surface area contributed by atoms with Crippen LogP contribution in [0, 0.1) is 29.1 Å². The van der Waals surface area contributed by atoms with E-state index in [0.717, 1.165) is 43.6 Å². The van der Waals surface area contributed by atoms with Crippen LogP contribution in [0.25, 0.3) is 0 Å². The van der Waals surface area contributed by atoms with Crippen molar-refractivity contribution in [2.75, 3.05) is 19.6 Å². The third kappa shape index (κ3) is 6.64. The Morgan fingerprint density at radius 1 is 0.786 bits per heavy atom. The van der Waals surface area contributed by atoms with Gasteiger partial charge in [-0.25, -0.2) is 22.0 Å². The van der Waals surface area contributed by atoms with Crippen LogP contribution in [0.3, 0.4) is 0 Å². The SMILES string of the molecule is O=C(NCc1ccc([C@H]2O[C@@H](CN3CCCCC3)C[C@@H](c3ccc(CO)cc3)O2)cc1)c1c(F)c(F)c(F)c(F)c1F. The van der Waals surface area contributed by atoms with Crippen LogP contribution in [-0.4, -0.2) is 41.7 Å². The van der Waals surface area contributed by atoms with Crippen LogP contribution in [0.2, 0.25) is 0 Å². The Morgan fingerprint density at radius 2 is 1.36 bits per heavy atom. The molecule has 2 fully saturated rings. The van der Waals surface area contributed by atoms with Crippen LogP contribution in [0.4, 0.5) is 22.0 Å². The monoisotopic (exact) mass is 590 g/mol. The number of amides is 1. The maximum atomic E-state index is 14.0. The second-order valence-electron chi connectivity index (χ2n) is 10.6. The summed E-state index contributed by atoms with van der Waals surface area (Å²) in [5.74, 6) is -12.5. The zero-order chi connectivity index (χ0) is 29.8. The van der Waals surface area contributed by atoms with Gasteiger partial charge in [0.15, 0.2) is 29.6 Å². The Hall–Kier alpha value is -3.38. The van der Waals surface area contributed by atoms with Crippen molar-refractivity contribution >= 4 is 5.91 Å². The number of piperidine rings is 1. The summed E-state index contributed by atoms with van der Waals surface area (Å²) in [4.78, 5) is 14.7. The largest absolute Gasteiger partial charge is 0.392 e. The van der Waals surface area contributed by atoms with Crippen molar-refractivity contribution in [3.63, 3.8) is 0 Å². The lowest BCUT2D eigenvalue weighted by atomic mass is 9.99. The summed E-state index contributed by atoms with van der Waals surface area (Å²) >= 11 is 0. The number of aliphatic hydroxyl groups excluding tert-OH is 1. The number of carbonyl (C=O) groups is 1. The molecule has 11 heteroatoms. The van der Waals surface area contributed by atoms with Crippen LogP contribution in [-0.2, 0) is 22.6 Å². The quantitative estimate of drug-likeness (QED) is 0.196. The molecule has 2 saturated heterocycles. The van der Waals surface area contributed by atoms with Gasteiger partial charge in [0.1, 0.15) is 5.56 Å². The number of aliphatic hydroxyl groups is 1. The average molecular weight is 591 g/mol. The van der Waals surface area contributed by atoms with Crippen LogP contribution in [0.15, 0.2) is 48.5 Å². The summed E-state index contributed by atoms with van der Waals surface area (Å²) in [5, 5.41) is 11.6. The number of hydrogen-bond donors (Lipinski definition) is 2. The Labute approximate surface area is 240 Å². The van der Waals surface area contributed by atoms with Gasteiger partial charge in [-0.2, -0.15) is 0 Å². The van der Waals surface area contributed by atoms with Crippen molar-refractivity contribution in [3.05, 3.63) is 105 Å². The van der Waals surface area contributed by atoms with Gasteiger partial charge < -0.3 is 24.8 Å². The Kier molecular flexibility index (Phi) is 9.52.